The highest BCUT2D eigenvalue weighted by Gasteiger charge is 2.54. The Balaban J connectivity index is 1.34. The topological polar surface area (TPSA) is 90.4 Å². The first-order chi connectivity index (χ1) is 17.0. The number of esters is 1. The second-order valence-corrected chi connectivity index (χ2v) is 10.0. The van der Waals surface area contributed by atoms with Gasteiger partial charge in [-0.05, 0) is 87.1 Å². The van der Waals surface area contributed by atoms with Crippen LogP contribution in [0.3, 0.4) is 0 Å². The van der Waals surface area contributed by atoms with Gasteiger partial charge in [-0.25, -0.2) is 4.79 Å². The molecule has 35 heavy (non-hydrogen) atoms. The molecule has 3 fully saturated rings. The molecule has 7 heteroatoms. The van der Waals surface area contributed by atoms with E-state index in [1.54, 1.807) is 12.4 Å². The van der Waals surface area contributed by atoms with Crippen molar-refractivity contribution in [3.63, 3.8) is 0 Å². The van der Waals surface area contributed by atoms with E-state index in [1.165, 1.54) is 0 Å². The summed E-state index contributed by atoms with van der Waals surface area (Å²) in [5.41, 5.74) is 3.04. The third-order valence-corrected chi connectivity index (χ3v) is 8.03. The number of carbonyl (C=O) groups excluding carboxylic acids is 2. The van der Waals surface area contributed by atoms with Crippen LogP contribution < -0.4 is 5.32 Å². The number of cyclic esters (lactones) is 1. The van der Waals surface area contributed by atoms with Crippen molar-refractivity contribution in [2.24, 2.45) is 29.6 Å². The van der Waals surface area contributed by atoms with Crippen molar-refractivity contribution in [1.82, 2.24) is 15.3 Å². The summed E-state index contributed by atoms with van der Waals surface area (Å²) in [6.07, 6.45) is 13.0. The van der Waals surface area contributed by atoms with Crippen molar-refractivity contribution in [3.05, 3.63) is 54.6 Å². The number of rotatable bonds is 5. The van der Waals surface area contributed by atoms with Gasteiger partial charge in [0, 0.05) is 36.1 Å². The molecule has 2 aromatic heterocycles. The Morgan fingerprint density at radius 3 is 2.74 bits per heavy atom. The standard InChI is InChI=1S/C28H33N3O4/c1-3-34-28(33)31-22-7-8-23-20(14-22)15-25-26(17(2)35-27(25)32)24(23)9-6-21-5-4-19(16-30-21)18-10-12-29-13-11-18/h4-6,9-13,16-17,20,22-26H,3,7-8,14-15H2,1-2H3,(H,31,33)/b9-6+/t17-,20+,22-,23-,24+,25-,26+/m1/s1. The lowest BCUT2D eigenvalue weighted by atomic mass is 9.57. The van der Waals surface area contributed by atoms with Crippen molar-refractivity contribution in [2.45, 2.75) is 51.7 Å². The van der Waals surface area contributed by atoms with E-state index in [2.05, 4.69) is 33.5 Å². The Hall–Kier alpha value is -3.22. The molecule has 0 bridgehead atoms. The first kappa shape index (κ1) is 23.5. The summed E-state index contributed by atoms with van der Waals surface area (Å²) in [4.78, 5) is 33.4. The van der Waals surface area contributed by atoms with Crippen LogP contribution >= 0.6 is 0 Å². The Morgan fingerprint density at radius 1 is 1.17 bits per heavy atom. The van der Waals surface area contributed by atoms with Crippen molar-refractivity contribution < 1.29 is 19.1 Å². The Bertz CT molecular complexity index is 1070. The molecular formula is C28H33N3O4. The van der Waals surface area contributed by atoms with E-state index in [1.807, 2.05) is 38.2 Å². The van der Waals surface area contributed by atoms with Gasteiger partial charge in [0.1, 0.15) is 6.10 Å². The van der Waals surface area contributed by atoms with Crippen molar-refractivity contribution in [3.8, 4) is 11.1 Å². The molecule has 5 rings (SSSR count). The number of allylic oxidation sites excluding steroid dienone is 1. The molecule has 2 aliphatic carbocycles. The van der Waals surface area contributed by atoms with Crippen LogP contribution in [0.15, 0.2) is 48.9 Å². The SMILES string of the molecule is CCOC(=O)N[C@@H]1CC[C@@H]2[C@@H](C1)C[C@H]1C(=O)O[C@H](C)[C@H]1[C@H]2/C=C/c1ccc(-c2ccncc2)cn1. The number of hydrogen-bond donors (Lipinski definition) is 1. The molecule has 0 aromatic carbocycles. The Labute approximate surface area is 206 Å². The van der Waals surface area contributed by atoms with Crippen molar-refractivity contribution in [2.75, 3.05) is 6.61 Å². The maximum Gasteiger partial charge on any atom is 0.407 e. The van der Waals surface area contributed by atoms with Gasteiger partial charge < -0.3 is 14.8 Å². The highest BCUT2D eigenvalue weighted by molar-refractivity contribution is 5.75. The summed E-state index contributed by atoms with van der Waals surface area (Å²) >= 11 is 0. The smallest absolute Gasteiger partial charge is 0.407 e. The quantitative estimate of drug-likeness (QED) is 0.620. The number of ether oxygens (including phenoxy) is 2. The van der Waals surface area contributed by atoms with Gasteiger partial charge >= 0.3 is 12.1 Å². The van der Waals surface area contributed by atoms with Crippen LogP contribution in [0.4, 0.5) is 4.79 Å². The normalized spacial score (nSPS) is 31.9. The zero-order valence-electron chi connectivity index (χ0n) is 20.3. The Morgan fingerprint density at radius 2 is 2.00 bits per heavy atom. The lowest BCUT2D eigenvalue weighted by Crippen LogP contribution is -2.48. The van der Waals surface area contributed by atoms with Gasteiger partial charge in [-0.2, -0.15) is 0 Å². The molecule has 7 atom stereocenters. The largest absolute Gasteiger partial charge is 0.462 e. The predicted molar refractivity (Wildman–Crippen MR) is 132 cm³/mol. The van der Waals surface area contributed by atoms with Crippen molar-refractivity contribution in [1.29, 1.82) is 0 Å². The van der Waals surface area contributed by atoms with Crippen LogP contribution in [0.25, 0.3) is 17.2 Å². The number of hydrogen-bond acceptors (Lipinski definition) is 6. The fourth-order valence-corrected chi connectivity index (χ4v) is 6.52. The highest BCUT2D eigenvalue weighted by atomic mass is 16.6. The minimum Gasteiger partial charge on any atom is -0.462 e. The number of alkyl carbamates (subject to hydrolysis) is 1. The van der Waals surface area contributed by atoms with Gasteiger partial charge in [0.05, 0.1) is 18.2 Å². The summed E-state index contributed by atoms with van der Waals surface area (Å²) in [5.74, 6) is 1.10. The number of pyridine rings is 2. The summed E-state index contributed by atoms with van der Waals surface area (Å²) in [6.45, 7) is 4.20. The van der Waals surface area contributed by atoms with Crippen LogP contribution in [0.2, 0.25) is 0 Å². The van der Waals surface area contributed by atoms with Crippen LogP contribution in [-0.2, 0) is 14.3 Å². The predicted octanol–water partition coefficient (Wildman–Crippen LogP) is 4.89. The first-order valence-electron chi connectivity index (χ1n) is 12.7. The van der Waals surface area contributed by atoms with Crippen LogP contribution in [0.5, 0.6) is 0 Å². The maximum absolute atomic E-state index is 12.7. The molecule has 1 aliphatic heterocycles. The summed E-state index contributed by atoms with van der Waals surface area (Å²) < 4.78 is 10.8. The molecule has 0 spiro atoms. The molecule has 184 valence electrons. The number of nitrogens with zero attached hydrogens (tertiary/aromatic N) is 2. The average molecular weight is 476 g/mol. The van der Waals surface area contributed by atoms with Crippen LogP contribution in [-0.4, -0.2) is 40.8 Å². The van der Waals surface area contributed by atoms with E-state index in [9.17, 15) is 9.59 Å². The molecule has 1 N–H and O–H groups in total. The number of fused-ring (bicyclic) bond motifs is 2. The van der Waals surface area contributed by atoms with Gasteiger partial charge in [0.2, 0.25) is 0 Å². The summed E-state index contributed by atoms with van der Waals surface area (Å²) in [5, 5.41) is 3.01. The van der Waals surface area contributed by atoms with E-state index in [0.29, 0.717) is 18.4 Å². The molecule has 3 heterocycles. The minimum absolute atomic E-state index is 0.0698. The Kier molecular flexibility index (Phi) is 6.84. The second-order valence-electron chi connectivity index (χ2n) is 10.0. The number of amides is 1. The van der Waals surface area contributed by atoms with E-state index in [0.717, 1.165) is 42.5 Å². The van der Waals surface area contributed by atoms with Crippen LogP contribution in [0, 0.1) is 29.6 Å². The highest BCUT2D eigenvalue weighted by Crippen LogP contribution is 2.53. The molecule has 1 saturated heterocycles. The zero-order valence-corrected chi connectivity index (χ0v) is 20.3. The van der Waals surface area contributed by atoms with E-state index in [-0.39, 0.29) is 42.0 Å². The average Bonchev–Trinajstić information content (AvgIpc) is 3.15. The van der Waals surface area contributed by atoms with Gasteiger partial charge in [-0.3, -0.25) is 14.8 Å². The van der Waals surface area contributed by atoms with Crippen molar-refractivity contribution >= 4 is 18.1 Å². The molecule has 3 aliphatic rings. The number of carbonyl (C=O) groups is 2. The second kappa shape index (κ2) is 10.2. The molecule has 2 aromatic rings. The van der Waals surface area contributed by atoms with Gasteiger partial charge in [0.15, 0.2) is 0 Å². The molecule has 0 unspecified atom stereocenters. The van der Waals surface area contributed by atoms with Gasteiger partial charge in [-0.15, -0.1) is 0 Å². The fourth-order valence-electron chi connectivity index (χ4n) is 6.52. The molecule has 2 saturated carbocycles. The summed E-state index contributed by atoms with van der Waals surface area (Å²) in [6, 6.07) is 8.14. The number of aromatic nitrogens is 2. The lowest BCUT2D eigenvalue weighted by molar-refractivity contribution is -0.144. The monoisotopic (exact) mass is 475 g/mol. The zero-order chi connectivity index (χ0) is 24.4. The van der Waals surface area contributed by atoms with E-state index < -0.39 is 0 Å². The third-order valence-electron chi connectivity index (χ3n) is 8.03. The molecule has 1 amide bonds. The maximum atomic E-state index is 12.7. The lowest BCUT2D eigenvalue weighted by Gasteiger charge is -2.47. The number of nitrogens with one attached hydrogen (secondary N) is 1. The molecule has 7 nitrogen and oxygen atoms in total. The molecular weight excluding hydrogens is 442 g/mol. The fraction of sp³-hybridized carbons (Fsp3) is 0.500. The van der Waals surface area contributed by atoms with Gasteiger partial charge in [0.25, 0.3) is 0 Å². The van der Waals surface area contributed by atoms with E-state index in [4.69, 9.17) is 9.47 Å². The van der Waals surface area contributed by atoms with E-state index >= 15 is 0 Å². The van der Waals surface area contributed by atoms with Gasteiger partial charge in [-0.1, -0.05) is 12.1 Å². The minimum atomic E-state index is -0.351. The molecule has 0 radical (unpaired) electrons. The first-order valence-corrected chi connectivity index (χ1v) is 12.7. The summed E-state index contributed by atoms with van der Waals surface area (Å²) in [7, 11) is 0. The third kappa shape index (κ3) is 4.95. The van der Waals surface area contributed by atoms with Crippen LogP contribution in [0.1, 0.15) is 45.2 Å².